The molecule has 6 heteroatoms. The van der Waals surface area contributed by atoms with E-state index in [0.29, 0.717) is 13.2 Å². The molecule has 2 fully saturated rings. The number of ether oxygens (including phenoxy) is 1. The largest absolute Gasteiger partial charge is 0.450 e. The van der Waals surface area contributed by atoms with Crippen LogP contribution < -0.4 is 11.1 Å². The molecule has 0 aromatic heterocycles. The molecule has 1 heterocycles. The number of nitrogens with two attached hydrogens (primary N) is 1. The fraction of sp³-hybridized carbons (Fsp3) is 0.857. The van der Waals surface area contributed by atoms with E-state index in [1.807, 2.05) is 4.90 Å². The minimum Gasteiger partial charge on any atom is -0.450 e. The average molecular weight is 283 g/mol. The first-order valence-corrected chi connectivity index (χ1v) is 7.57. The molecule has 1 atom stereocenters. The van der Waals surface area contributed by atoms with Gasteiger partial charge in [-0.3, -0.25) is 4.79 Å². The van der Waals surface area contributed by atoms with Crippen LogP contribution in [-0.4, -0.2) is 48.2 Å². The SMILES string of the molecule is CCOC(=O)NC1CCCN(C(=O)C2(N)CCCC2)C1. The van der Waals surface area contributed by atoms with Crippen molar-refractivity contribution in [2.75, 3.05) is 19.7 Å². The topological polar surface area (TPSA) is 84.7 Å². The van der Waals surface area contributed by atoms with Crippen molar-refractivity contribution in [2.45, 2.75) is 57.0 Å². The monoisotopic (exact) mass is 283 g/mol. The number of carbonyl (C=O) groups is 2. The molecule has 0 spiro atoms. The second kappa shape index (κ2) is 6.43. The Morgan fingerprint density at radius 2 is 2.05 bits per heavy atom. The van der Waals surface area contributed by atoms with Gasteiger partial charge in [0.15, 0.2) is 0 Å². The predicted octanol–water partition coefficient (Wildman–Crippen LogP) is 0.995. The molecule has 1 saturated carbocycles. The summed E-state index contributed by atoms with van der Waals surface area (Å²) in [5.41, 5.74) is 5.55. The highest BCUT2D eigenvalue weighted by Crippen LogP contribution is 2.29. The molecule has 3 N–H and O–H groups in total. The molecular weight excluding hydrogens is 258 g/mol. The Labute approximate surface area is 120 Å². The summed E-state index contributed by atoms with van der Waals surface area (Å²) in [7, 11) is 0. The van der Waals surface area contributed by atoms with Crippen LogP contribution in [-0.2, 0) is 9.53 Å². The molecule has 2 amide bonds. The average Bonchev–Trinajstić information content (AvgIpc) is 2.86. The summed E-state index contributed by atoms with van der Waals surface area (Å²) in [5, 5.41) is 2.81. The summed E-state index contributed by atoms with van der Waals surface area (Å²) in [6.07, 6.45) is 4.96. The van der Waals surface area contributed by atoms with Gasteiger partial charge in [-0.05, 0) is 32.6 Å². The smallest absolute Gasteiger partial charge is 0.407 e. The van der Waals surface area contributed by atoms with Gasteiger partial charge in [0.25, 0.3) is 0 Å². The van der Waals surface area contributed by atoms with Crippen molar-refractivity contribution in [2.24, 2.45) is 5.73 Å². The molecule has 20 heavy (non-hydrogen) atoms. The van der Waals surface area contributed by atoms with Crippen LogP contribution in [0.2, 0.25) is 0 Å². The van der Waals surface area contributed by atoms with Gasteiger partial charge in [0, 0.05) is 19.1 Å². The van der Waals surface area contributed by atoms with Gasteiger partial charge in [0.05, 0.1) is 12.1 Å². The molecule has 1 saturated heterocycles. The van der Waals surface area contributed by atoms with E-state index in [0.717, 1.165) is 45.1 Å². The number of alkyl carbamates (subject to hydrolysis) is 1. The molecule has 114 valence electrons. The number of carbonyl (C=O) groups excluding carboxylic acids is 2. The van der Waals surface area contributed by atoms with Crippen molar-refractivity contribution >= 4 is 12.0 Å². The third kappa shape index (κ3) is 3.42. The van der Waals surface area contributed by atoms with Crippen molar-refractivity contribution in [1.29, 1.82) is 0 Å². The summed E-state index contributed by atoms with van der Waals surface area (Å²) >= 11 is 0. The van der Waals surface area contributed by atoms with Crippen LogP contribution in [0.3, 0.4) is 0 Å². The van der Waals surface area contributed by atoms with E-state index in [9.17, 15) is 9.59 Å². The van der Waals surface area contributed by atoms with Crippen LogP contribution in [0, 0.1) is 0 Å². The molecular formula is C14H25N3O3. The summed E-state index contributed by atoms with van der Waals surface area (Å²) < 4.78 is 4.88. The molecule has 6 nitrogen and oxygen atoms in total. The highest BCUT2D eigenvalue weighted by atomic mass is 16.5. The minimum atomic E-state index is -0.675. The number of piperidine rings is 1. The van der Waals surface area contributed by atoms with E-state index < -0.39 is 11.6 Å². The minimum absolute atomic E-state index is 0.0308. The Hall–Kier alpha value is -1.30. The first kappa shape index (κ1) is 15.1. The maximum atomic E-state index is 12.5. The van der Waals surface area contributed by atoms with Crippen LogP contribution in [0.4, 0.5) is 4.79 Å². The summed E-state index contributed by atoms with van der Waals surface area (Å²) in [4.78, 5) is 25.8. The van der Waals surface area contributed by atoms with Gasteiger partial charge in [-0.2, -0.15) is 0 Å². The van der Waals surface area contributed by atoms with E-state index in [1.54, 1.807) is 6.92 Å². The summed E-state index contributed by atoms with van der Waals surface area (Å²) in [6.45, 7) is 3.40. The number of hydrogen-bond donors (Lipinski definition) is 2. The van der Waals surface area contributed by atoms with Gasteiger partial charge < -0.3 is 20.7 Å². The molecule has 1 aliphatic heterocycles. The Balaban J connectivity index is 1.89. The normalized spacial score (nSPS) is 25.3. The number of nitrogens with one attached hydrogen (secondary N) is 1. The Morgan fingerprint density at radius 1 is 1.35 bits per heavy atom. The van der Waals surface area contributed by atoms with Crippen molar-refractivity contribution < 1.29 is 14.3 Å². The van der Waals surface area contributed by atoms with Gasteiger partial charge in [0.2, 0.25) is 5.91 Å². The van der Waals surface area contributed by atoms with Gasteiger partial charge in [-0.25, -0.2) is 4.79 Å². The second-order valence-electron chi connectivity index (χ2n) is 5.82. The van der Waals surface area contributed by atoms with E-state index in [-0.39, 0.29) is 11.9 Å². The van der Waals surface area contributed by atoms with E-state index in [2.05, 4.69) is 5.32 Å². The molecule has 1 unspecified atom stereocenters. The van der Waals surface area contributed by atoms with Crippen LogP contribution in [0.1, 0.15) is 45.4 Å². The Bertz CT molecular complexity index is 367. The third-order valence-electron chi connectivity index (χ3n) is 4.23. The summed E-state index contributed by atoms with van der Waals surface area (Å²) in [6, 6.07) is -0.0308. The third-order valence-corrected chi connectivity index (χ3v) is 4.23. The number of rotatable bonds is 3. The Kier molecular flexibility index (Phi) is 4.86. The van der Waals surface area contributed by atoms with Crippen LogP contribution in [0.25, 0.3) is 0 Å². The quantitative estimate of drug-likeness (QED) is 0.809. The molecule has 0 radical (unpaired) electrons. The van der Waals surface area contributed by atoms with Crippen molar-refractivity contribution in [1.82, 2.24) is 10.2 Å². The molecule has 0 aromatic rings. The first-order valence-electron chi connectivity index (χ1n) is 7.57. The lowest BCUT2D eigenvalue weighted by Gasteiger charge is -2.37. The van der Waals surface area contributed by atoms with Crippen molar-refractivity contribution in [3.63, 3.8) is 0 Å². The highest BCUT2D eigenvalue weighted by molar-refractivity contribution is 5.86. The van der Waals surface area contributed by atoms with Gasteiger partial charge >= 0.3 is 6.09 Å². The van der Waals surface area contributed by atoms with E-state index in [1.165, 1.54) is 0 Å². The Morgan fingerprint density at radius 3 is 2.70 bits per heavy atom. The zero-order chi connectivity index (χ0) is 14.6. The molecule has 1 aliphatic carbocycles. The second-order valence-corrected chi connectivity index (χ2v) is 5.82. The number of hydrogen-bond acceptors (Lipinski definition) is 4. The van der Waals surface area contributed by atoms with Crippen LogP contribution in [0.5, 0.6) is 0 Å². The van der Waals surface area contributed by atoms with Crippen LogP contribution >= 0.6 is 0 Å². The zero-order valence-electron chi connectivity index (χ0n) is 12.2. The highest BCUT2D eigenvalue weighted by Gasteiger charge is 2.41. The number of nitrogens with zero attached hydrogens (tertiary/aromatic N) is 1. The summed E-state index contributed by atoms with van der Waals surface area (Å²) in [5.74, 6) is 0.0466. The number of likely N-dealkylation sites (tertiary alicyclic amines) is 1. The van der Waals surface area contributed by atoms with Gasteiger partial charge in [0.1, 0.15) is 0 Å². The van der Waals surface area contributed by atoms with E-state index in [4.69, 9.17) is 10.5 Å². The molecule has 2 aliphatic rings. The lowest BCUT2D eigenvalue weighted by molar-refractivity contribution is -0.138. The lowest BCUT2D eigenvalue weighted by atomic mass is 9.95. The van der Waals surface area contributed by atoms with Gasteiger partial charge in [-0.15, -0.1) is 0 Å². The molecule has 2 rings (SSSR count). The zero-order valence-corrected chi connectivity index (χ0v) is 12.2. The lowest BCUT2D eigenvalue weighted by Crippen LogP contribution is -2.58. The van der Waals surface area contributed by atoms with Crippen molar-refractivity contribution in [3.05, 3.63) is 0 Å². The molecule has 0 bridgehead atoms. The number of amides is 2. The van der Waals surface area contributed by atoms with Crippen molar-refractivity contribution in [3.8, 4) is 0 Å². The van der Waals surface area contributed by atoms with E-state index >= 15 is 0 Å². The predicted molar refractivity (Wildman–Crippen MR) is 75.1 cm³/mol. The van der Waals surface area contributed by atoms with Gasteiger partial charge in [-0.1, -0.05) is 12.8 Å². The maximum Gasteiger partial charge on any atom is 0.407 e. The molecule has 0 aromatic carbocycles. The standard InChI is InChI=1S/C14H25N3O3/c1-2-20-13(19)16-11-6-5-9-17(10-11)12(18)14(15)7-3-4-8-14/h11H,2-10,15H2,1H3,(H,16,19). The maximum absolute atomic E-state index is 12.5. The fourth-order valence-corrected chi connectivity index (χ4v) is 3.15. The fourth-order valence-electron chi connectivity index (χ4n) is 3.15. The van der Waals surface area contributed by atoms with Crippen LogP contribution in [0.15, 0.2) is 0 Å². The first-order chi connectivity index (χ1) is 9.55.